The maximum atomic E-state index is 13.0. The van der Waals surface area contributed by atoms with Crippen LogP contribution in [0.3, 0.4) is 0 Å². The van der Waals surface area contributed by atoms with Crippen molar-refractivity contribution >= 4 is 38.2 Å². The molecule has 0 spiro atoms. The van der Waals surface area contributed by atoms with E-state index in [1.165, 1.54) is 0 Å². The lowest BCUT2D eigenvalue weighted by atomic mass is 10.2. The van der Waals surface area contributed by atoms with E-state index in [1.54, 1.807) is 22.1 Å². The van der Waals surface area contributed by atoms with Crippen LogP contribution in [0.1, 0.15) is 5.56 Å². The van der Waals surface area contributed by atoms with Gasteiger partial charge in [0.2, 0.25) is 0 Å². The van der Waals surface area contributed by atoms with E-state index in [4.69, 9.17) is 4.98 Å². The van der Waals surface area contributed by atoms with Gasteiger partial charge in [0.1, 0.15) is 0 Å². The van der Waals surface area contributed by atoms with E-state index < -0.39 is 0 Å². The van der Waals surface area contributed by atoms with Crippen molar-refractivity contribution in [2.45, 2.75) is 6.54 Å². The molecule has 0 radical (unpaired) electrons. The summed E-state index contributed by atoms with van der Waals surface area (Å²) in [6.07, 6.45) is 0. The molecule has 2 heterocycles. The van der Waals surface area contributed by atoms with Gasteiger partial charge in [-0.1, -0.05) is 40.2 Å². The number of aromatic nitrogens is 2. The zero-order chi connectivity index (χ0) is 17.2. The second-order valence-corrected chi connectivity index (χ2v) is 7.26. The third-order valence-electron chi connectivity index (χ3n) is 3.91. The van der Waals surface area contributed by atoms with E-state index in [9.17, 15) is 4.79 Å². The van der Waals surface area contributed by atoms with E-state index >= 15 is 0 Å². The zero-order valence-electron chi connectivity index (χ0n) is 13.1. The monoisotopic (exact) mass is 411 g/mol. The number of thiophene rings is 1. The molecular formula is C19H14BrN3OS. The number of benzene rings is 2. The molecule has 4 nitrogen and oxygen atoms in total. The van der Waals surface area contributed by atoms with Gasteiger partial charge in [0, 0.05) is 15.4 Å². The summed E-state index contributed by atoms with van der Waals surface area (Å²) in [6.45, 7) is 0.532. The van der Waals surface area contributed by atoms with Crippen LogP contribution in [-0.2, 0) is 6.54 Å². The average molecular weight is 412 g/mol. The molecule has 0 unspecified atom stereocenters. The quantitative estimate of drug-likeness (QED) is 0.532. The van der Waals surface area contributed by atoms with Crippen molar-refractivity contribution in [3.05, 3.63) is 85.7 Å². The topological polar surface area (TPSA) is 46.9 Å². The summed E-state index contributed by atoms with van der Waals surface area (Å²) in [4.78, 5) is 17.7. The first kappa shape index (κ1) is 16.1. The number of halogens is 1. The number of nitrogens with one attached hydrogen (secondary N) is 1. The molecule has 0 aliphatic heterocycles. The Balaban J connectivity index is 1.80. The number of hydrogen-bond donors (Lipinski definition) is 1. The van der Waals surface area contributed by atoms with Gasteiger partial charge < -0.3 is 5.43 Å². The molecular weight excluding hydrogens is 398 g/mol. The van der Waals surface area contributed by atoms with Gasteiger partial charge in [-0.25, -0.2) is 9.66 Å². The summed E-state index contributed by atoms with van der Waals surface area (Å²) < 4.78 is 2.58. The van der Waals surface area contributed by atoms with E-state index in [0.29, 0.717) is 23.3 Å². The molecule has 0 amide bonds. The molecule has 0 aliphatic rings. The molecule has 0 fully saturated rings. The van der Waals surface area contributed by atoms with Gasteiger partial charge in [-0.2, -0.15) is 11.3 Å². The highest BCUT2D eigenvalue weighted by Crippen LogP contribution is 2.21. The maximum absolute atomic E-state index is 13.0. The molecule has 4 aromatic rings. The Labute approximate surface area is 156 Å². The van der Waals surface area contributed by atoms with Gasteiger partial charge in [-0.05, 0) is 41.3 Å². The molecule has 25 heavy (non-hydrogen) atoms. The van der Waals surface area contributed by atoms with Gasteiger partial charge in [-0.3, -0.25) is 4.79 Å². The van der Waals surface area contributed by atoms with E-state index in [2.05, 4.69) is 21.4 Å². The standard InChI is InChI=1S/C19H14BrN3OS/c20-15-7-5-13(6-8-15)11-21-23-18(14-9-10-25-12-14)22-17-4-2-1-3-16(17)19(23)24/h1-10,12,21H,11H2. The second-order valence-electron chi connectivity index (χ2n) is 5.57. The number of nitrogens with zero attached hydrogens (tertiary/aromatic N) is 2. The third-order valence-corrected chi connectivity index (χ3v) is 5.12. The van der Waals surface area contributed by atoms with Crippen molar-refractivity contribution in [1.82, 2.24) is 9.66 Å². The third kappa shape index (κ3) is 3.23. The molecule has 6 heteroatoms. The lowest BCUT2D eigenvalue weighted by molar-refractivity contribution is 0.801. The fourth-order valence-corrected chi connectivity index (χ4v) is 3.54. The predicted octanol–water partition coefficient (Wildman–Crippen LogP) is 4.63. The van der Waals surface area contributed by atoms with E-state index in [-0.39, 0.29) is 5.56 Å². The summed E-state index contributed by atoms with van der Waals surface area (Å²) >= 11 is 5.02. The largest absolute Gasteiger partial charge is 0.317 e. The Bertz CT molecular complexity index is 1070. The molecule has 2 aromatic heterocycles. The van der Waals surface area contributed by atoms with Crippen molar-refractivity contribution < 1.29 is 0 Å². The molecule has 0 saturated heterocycles. The van der Waals surface area contributed by atoms with Crippen LogP contribution in [0.5, 0.6) is 0 Å². The first-order valence-electron chi connectivity index (χ1n) is 7.75. The molecule has 124 valence electrons. The Morgan fingerprint density at radius 3 is 2.64 bits per heavy atom. The summed E-state index contributed by atoms with van der Waals surface area (Å²) in [6, 6.07) is 17.4. The molecule has 4 rings (SSSR count). The highest BCUT2D eigenvalue weighted by atomic mass is 79.9. The minimum Gasteiger partial charge on any atom is -0.317 e. The lowest BCUT2D eigenvalue weighted by Gasteiger charge is -2.15. The number of hydrogen-bond acceptors (Lipinski definition) is 4. The van der Waals surface area contributed by atoms with Crippen LogP contribution in [0.15, 0.2) is 74.6 Å². The number of fused-ring (bicyclic) bond motifs is 1. The van der Waals surface area contributed by atoms with Crippen molar-refractivity contribution in [2.75, 3.05) is 5.43 Å². The maximum Gasteiger partial charge on any atom is 0.280 e. The summed E-state index contributed by atoms with van der Waals surface area (Å²) in [5.41, 5.74) is 5.85. The van der Waals surface area contributed by atoms with Gasteiger partial charge >= 0.3 is 0 Å². The Morgan fingerprint density at radius 2 is 1.88 bits per heavy atom. The Morgan fingerprint density at radius 1 is 1.08 bits per heavy atom. The van der Waals surface area contributed by atoms with Crippen LogP contribution in [0.4, 0.5) is 0 Å². The lowest BCUT2D eigenvalue weighted by Crippen LogP contribution is -2.31. The van der Waals surface area contributed by atoms with Crippen LogP contribution >= 0.6 is 27.3 Å². The number of para-hydroxylation sites is 1. The average Bonchev–Trinajstić information content (AvgIpc) is 3.17. The van der Waals surface area contributed by atoms with Crippen molar-refractivity contribution in [3.8, 4) is 11.4 Å². The molecule has 0 atom stereocenters. The first-order valence-corrected chi connectivity index (χ1v) is 9.48. The van der Waals surface area contributed by atoms with Gasteiger partial charge in [0.15, 0.2) is 5.82 Å². The van der Waals surface area contributed by atoms with Crippen molar-refractivity contribution in [3.63, 3.8) is 0 Å². The minimum atomic E-state index is -0.0936. The Hall–Kier alpha value is -2.44. The van der Waals surface area contributed by atoms with Crippen LogP contribution in [-0.4, -0.2) is 9.66 Å². The zero-order valence-corrected chi connectivity index (χ0v) is 15.5. The van der Waals surface area contributed by atoms with Crippen LogP contribution in [0.25, 0.3) is 22.3 Å². The smallest absolute Gasteiger partial charge is 0.280 e. The van der Waals surface area contributed by atoms with Gasteiger partial charge in [0.05, 0.1) is 17.4 Å². The molecule has 1 N–H and O–H groups in total. The Kier molecular flexibility index (Phi) is 4.38. The van der Waals surface area contributed by atoms with Crippen LogP contribution in [0, 0.1) is 0 Å². The van der Waals surface area contributed by atoms with Crippen molar-refractivity contribution in [2.24, 2.45) is 0 Å². The highest BCUT2D eigenvalue weighted by Gasteiger charge is 2.13. The summed E-state index contributed by atoms with van der Waals surface area (Å²) in [5, 5.41) is 4.58. The molecule has 2 aromatic carbocycles. The molecule has 0 saturated carbocycles. The molecule has 0 aliphatic carbocycles. The predicted molar refractivity (Wildman–Crippen MR) is 107 cm³/mol. The van der Waals surface area contributed by atoms with Crippen molar-refractivity contribution in [1.29, 1.82) is 0 Å². The van der Waals surface area contributed by atoms with Gasteiger partial charge in [-0.15, -0.1) is 0 Å². The summed E-state index contributed by atoms with van der Waals surface area (Å²) in [7, 11) is 0. The number of rotatable bonds is 4. The van der Waals surface area contributed by atoms with Crippen LogP contribution < -0.4 is 11.0 Å². The fraction of sp³-hybridized carbons (Fsp3) is 0.0526. The minimum absolute atomic E-state index is 0.0936. The van der Waals surface area contributed by atoms with E-state index in [1.807, 2.05) is 59.3 Å². The van der Waals surface area contributed by atoms with E-state index in [0.717, 1.165) is 15.6 Å². The first-order chi connectivity index (χ1) is 12.2. The summed E-state index contributed by atoms with van der Waals surface area (Å²) in [5.74, 6) is 0.627. The second kappa shape index (κ2) is 6.82. The SMILES string of the molecule is O=c1c2ccccc2nc(-c2ccsc2)n1NCc1ccc(Br)cc1. The molecule has 0 bridgehead atoms. The van der Waals surface area contributed by atoms with Crippen LogP contribution in [0.2, 0.25) is 0 Å². The van der Waals surface area contributed by atoms with Gasteiger partial charge in [0.25, 0.3) is 5.56 Å². The fourth-order valence-electron chi connectivity index (χ4n) is 2.64. The highest BCUT2D eigenvalue weighted by molar-refractivity contribution is 9.10. The normalized spacial score (nSPS) is 10.9.